The number of rotatable bonds is 6. The quantitative estimate of drug-likeness (QED) is 0.123. The fourth-order valence-electron chi connectivity index (χ4n) is 6.93. The summed E-state index contributed by atoms with van der Waals surface area (Å²) in [5.41, 5.74) is 10.9. The minimum Gasteiger partial charge on any atom is -0.501 e. The van der Waals surface area contributed by atoms with Crippen molar-refractivity contribution in [2.45, 2.75) is 37.0 Å². The Balaban J connectivity index is 0.000000191. The van der Waals surface area contributed by atoms with Crippen LogP contribution in [0.15, 0.2) is 156 Å². The molecule has 0 aliphatic rings. The molecule has 0 unspecified atom stereocenters. The van der Waals surface area contributed by atoms with Crippen molar-refractivity contribution in [1.29, 1.82) is 0 Å². The number of furan rings is 1. The maximum atomic E-state index is 8.44. The summed E-state index contributed by atoms with van der Waals surface area (Å²) in [6, 6.07) is 56.0. The van der Waals surface area contributed by atoms with Crippen LogP contribution in [-0.4, -0.2) is 27.8 Å². The number of pyridine rings is 1. The van der Waals surface area contributed by atoms with Crippen LogP contribution in [0.25, 0.3) is 72.4 Å². The van der Waals surface area contributed by atoms with Gasteiger partial charge in [0.05, 0.1) is 22.4 Å². The van der Waals surface area contributed by atoms with Gasteiger partial charge >= 0.3 is 120 Å². The van der Waals surface area contributed by atoms with Crippen LogP contribution in [0.5, 0.6) is 0 Å². The predicted octanol–water partition coefficient (Wildman–Crippen LogP) is 12.3. The SMILES string of the molecule is [2H]C(C)(C)c1cc(-c2[c-]cccc2)nc[c]1[Ge]([CH3])([CH3])[CH3].[Ir].[c-]1ccc2c(oc3ccccc32)c1-c1nc2ccccc2n1-c1cccc(-c2ccccc2)c1. The fraction of sp³-hybridized carbons (Fsp3) is 0.125. The molecule has 269 valence electrons. The van der Waals surface area contributed by atoms with E-state index in [1.54, 1.807) is 0 Å². The monoisotopic (exact) mass is 943 g/mol. The molecule has 0 aliphatic heterocycles. The molecule has 9 aromatic rings. The Morgan fingerprint density at radius 3 is 2.24 bits per heavy atom. The van der Waals surface area contributed by atoms with E-state index in [4.69, 9.17) is 10.8 Å². The summed E-state index contributed by atoms with van der Waals surface area (Å²) in [7, 11) is 0. The average molecular weight is 942 g/mol. The topological polar surface area (TPSA) is 43.9 Å². The van der Waals surface area contributed by atoms with E-state index in [-0.39, 0.29) is 20.1 Å². The largest absolute Gasteiger partial charge is 0.501 e. The second-order valence-electron chi connectivity index (χ2n) is 14.5. The molecule has 9 rings (SSSR count). The molecule has 6 heteroatoms. The van der Waals surface area contributed by atoms with Gasteiger partial charge in [0.25, 0.3) is 0 Å². The summed E-state index contributed by atoms with van der Waals surface area (Å²) >= 11 is -2.03. The van der Waals surface area contributed by atoms with Gasteiger partial charge < -0.3 is 8.98 Å². The van der Waals surface area contributed by atoms with Crippen LogP contribution < -0.4 is 4.40 Å². The molecule has 1 radical (unpaired) electrons. The molecule has 3 aromatic heterocycles. The molecule has 3 heterocycles. The van der Waals surface area contributed by atoms with Gasteiger partial charge in [-0.1, -0.05) is 83.7 Å². The van der Waals surface area contributed by atoms with Gasteiger partial charge in [-0.05, 0) is 41.5 Å². The zero-order valence-electron chi connectivity index (χ0n) is 32.0. The Hall–Kier alpha value is -5.07. The minimum atomic E-state index is -2.03. The Morgan fingerprint density at radius 2 is 1.46 bits per heavy atom. The van der Waals surface area contributed by atoms with Gasteiger partial charge in [0.15, 0.2) is 0 Å². The van der Waals surface area contributed by atoms with Gasteiger partial charge in [0.2, 0.25) is 0 Å². The summed E-state index contributed by atoms with van der Waals surface area (Å²) in [6.07, 6.45) is 2.00. The standard InChI is InChI=1S/C31H19N2O.C17H22GeN.Ir/c1-2-10-21(11-3-1)22-12-8-13-23(20-22)33-28-18-6-5-17-27(28)32-31(33)26-16-9-15-25-24-14-4-7-19-29(24)34-30(25)26;1-13(2)15-11-17(14-9-7-6-8-10-14)19-12-16(15)18(3,4)5;/h1-15,17-20H;6-9,11-13H,1-5H3;/q2*-1;/i;13D;. The van der Waals surface area contributed by atoms with Gasteiger partial charge in [0, 0.05) is 31.2 Å². The number of benzene rings is 6. The zero-order chi connectivity index (χ0) is 37.5. The number of para-hydroxylation sites is 3. The third-order valence-electron chi connectivity index (χ3n) is 9.57. The second-order valence-corrected chi connectivity index (χ2v) is 25.1. The summed E-state index contributed by atoms with van der Waals surface area (Å²) in [5, 5.41) is 2.17. The van der Waals surface area contributed by atoms with E-state index in [2.05, 4.69) is 124 Å². The molecule has 0 saturated heterocycles. The molecule has 0 aliphatic carbocycles. The van der Waals surface area contributed by atoms with Crippen molar-refractivity contribution in [3.8, 4) is 39.5 Å². The molecule has 6 aromatic carbocycles. The molecule has 0 atom stereocenters. The number of fused-ring (bicyclic) bond motifs is 4. The van der Waals surface area contributed by atoms with Crippen molar-refractivity contribution in [2.24, 2.45) is 0 Å². The van der Waals surface area contributed by atoms with Crippen molar-refractivity contribution in [2.75, 3.05) is 0 Å². The van der Waals surface area contributed by atoms with Gasteiger partial charge in [-0.25, -0.2) is 0 Å². The summed E-state index contributed by atoms with van der Waals surface area (Å²) < 4.78 is 18.3. The number of hydrogen-bond donors (Lipinski definition) is 0. The van der Waals surface area contributed by atoms with E-state index < -0.39 is 19.2 Å². The average Bonchev–Trinajstić information content (AvgIpc) is 3.77. The van der Waals surface area contributed by atoms with Crippen LogP contribution in [0.3, 0.4) is 0 Å². The summed E-state index contributed by atoms with van der Waals surface area (Å²) in [6.45, 7) is 3.91. The summed E-state index contributed by atoms with van der Waals surface area (Å²) in [4.78, 5) is 9.68. The molecular formula is C48H41GeIrN3O-2. The third kappa shape index (κ3) is 7.37. The number of hydrogen-bond acceptors (Lipinski definition) is 3. The molecule has 0 saturated carbocycles. The van der Waals surface area contributed by atoms with E-state index in [0.29, 0.717) is 0 Å². The molecule has 54 heavy (non-hydrogen) atoms. The number of imidazole rings is 1. The van der Waals surface area contributed by atoms with Gasteiger partial charge in [-0.3, -0.25) is 4.98 Å². The van der Waals surface area contributed by atoms with Crippen molar-refractivity contribution >= 4 is 50.6 Å². The van der Waals surface area contributed by atoms with Crippen LogP contribution in [0, 0.1) is 12.1 Å². The van der Waals surface area contributed by atoms with Crippen LogP contribution in [0.1, 0.15) is 26.7 Å². The Labute approximate surface area is 335 Å². The first kappa shape index (κ1) is 35.9. The zero-order valence-corrected chi connectivity index (χ0v) is 35.5. The Bertz CT molecular complexity index is 2750. The van der Waals surface area contributed by atoms with Crippen molar-refractivity contribution in [1.82, 2.24) is 14.5 Å². The number of aromatic nitrogens is 3. The van der Waals surface area contributed by atoms with Gasteiger partial charge in [-0.2, -0.15) is 0 Å². The van der Waals surface area contributed by atoms with E-state index in [1.807, 2.05) is 80.7 Å². The maximum Gasteiger partial charge on any atom is 0.120 e. The minimum absolute atomic E-state index is 0. The normalized spacial score (nSPS) is 11.9. The first-order valence-corrected chi connectivity index (χ1v) is 25.3. The molecule has 0 spiro atoms. The van der Waals surface area contributed by atoms with E-state index in [9.17, 15) is 0 Å². The second kappa shape index (κ2) is 15.7. The van der Waals surface area contributed by atoms with E-state index in [1.165, 1.54) is 9.96 Å². The summed E-state index contributed by atoms with van der Waals surface area (Å²) in [5.74, 6) is 7.26. The third-order valence-corrected chi connectivity index (χ3v) is 13.8. The molecule has 0 N–H and O–H groups in total. The molecule has 0 bridgehead atoms. The van der Waals surface area contributed by atoms with Crippen molar-refractivity contribution in [3.63, 3.8) is 0 Å². The maximum absolute atomic E-state index is 8.44. The molecule has 0 amide bonds. The number of nitrogens with zero attached hydrogens (tertiary/aromatic N) is 3. The van der Waals surface area contributed by atoms with Crippen LogP contribution >= 0.6 is 0 Å². The van der Waals surface area contributed by atoms with Crippen LogP contribution in [0.4, 0.5) is 0 Å². The Kier molecular flexibility index (Phi) is 10.5. The van der Waals surface area contributed by atoms with Crippen molar-refractivity contribution in [3.05, 3.63) is 169 Å². The fourth-order valence-corrected chi connectivity index (χ4v) is 10.3. The van der Waals surface area contributed by atoms with Crippen LogP contribution in [-0.2, 0) is 20.1 Å². The molecule has 4 nitrogen and oxygen atoms in total. The Morgan fingerprint density at radius 1 is 0.722 bits per heavy atom. The predicted molar refractivity (Wildman–Crippen MR) is 224 cm³/mol. The van der Waals surface area contributed by atoms with Gasteiger partial charge in [0.1, 0.15) is 5.58 Å². The van der Waals surface area contributed by atoms with Gasteiger partial charge in [-0.15, -0.1) is 18.2 Å². The molecular weight excluding hydrogens is 899 g/mol. The first-order chi connectivity index (χ1) is 26.1. The van der Waals surface area contributed by atoms with E-state index >= 15 is 0 Å². The smallest absolute Gasteiger partial charge is 0.120 e. The molecule has 0 fully saturated rings. The van der Waals surface area contributed by atoms with Crippen LogP contribution in [0.2, 0.25) is 17.3 Å². The van der Waals surface area contributed by atoms with Crippen molar-refractivity contribution < 1.29 is 25.9 Å². The first-order valence-electron chi connectivity index (χ1n) is 18.5. The van der Waals surface area contributed by atoms with E-state index in [0.717, 1.165) is 72.4 Å².